The van der Waals surface area contributed by atoms with Crippen LogP contribution in [-0.4, -0.2) is 26.3 Å². The highest BCUT2D eigenvalue weighted by atomic mass is 79.9. The molecule has 0 fully saturated rings. The van der Waals surface area contributed by atoms with E-state index in [0.29, 0.717) is 17.9 Å². The average Bonchev–Trinajstić information content (AvgIpc) is 3.42. The second kappa shape index (κ2) is 8.24. The van der Waals surface area contributed by atoms with E-state index in [-0.39, 0.29) is 6.79 Å². The zero-order valence-corrected chi connectivity index (χ0v) is 19.8. The standard InChI is InChI=1S/C24H18BrN5O2S/c25-17-10-18-19(32-13-31-18)11-20(17)33-24-29-21-22(26)27-12-28-23(21)30(24)8-7-14-5-6-15-3-1-2-4-16(15)9-14/h1-6,9-12H,7-8,13H2,(H2,26,27,28). The first-order chi connectivity index (χ1) is 16.2. The summed E-state index contributed by atoms with van der Waals surface area (Å²) in [6, 6.07) is 18.8. The van der Waals surface area contributed by atoms with Gasteiger partial charge in [-0.05, 0) is 50.8 Å². The summed E-state index contributed by atoms with van der Waals surface area (Å²) in [5.41, 5.74) is 8.70. The van der Waals surface area contributed by atoms with Crippen molar-refractivity contribution in [3.05, 3.63) is 71.0 Å². The molecular formula is C24H18BrN5O2S. The molecule has 0 aliphatic carbocycles. The lowest BCUT2D eigenvalue weighted by atomic mass is 10.1. The van der Waals surface area contributed by atoms with Crippen molar-refractivity contribution in [1.82, 2.24) is 19.5 Å². The molecule has 9 heteroatoms. The van der Waals surface area contributed by atoms with Crippen molar-refractivity contribution in [2.24, 2.45) is 0 Å². The molecule has 0 unspecified atom stereocenters. The highest BCUT2D eigenvalue weighted by Crippen LogP contribution is 2.43. The van der Waals surface area contributed by atoms with Crippen molar-refractivity contribution in [3.63, 3.8) is 0 Å². The van der Waals surface area contributed by atoms with E-state index >= 15 is 0 Å². The van der Waals surface area contributed by atoms with E-state index < -0.39 is 0 Å². The van der Waals surface area contributed by atoms with E-state index in [1.54, 1.807) is 0 Å². The number of halogens is 1. The van der Waals surface area contributed by atoms with Gasteiger partial charge in [-0.15, -0.1) is 0 Å². The van der Waals surface area contributed by atoms with Crippen molar-refractivity contribution in [3.8, 4) is 11.5 Å². The van der Waals surface area contributed by atoms with Gasteiger partial charge in [0.1, 0.15) is 6.33 Å². The fourth-order valence-corrected chi connectivity index (χ4v) is 5.43. The van der Waals surface area contributed by atoms with Crippen LogP contribution in [0.1, 0.15) is 5.56 Å². The fraction of sp³-hybridized carbons (Fsp3) is 0.125. The number of ether oxygens (including phenoxy) is 2. The molecule has 164 valence electrons. The maximum Gasteiger partial charge on any atom is 0.231 e. The number of nitrogens with zero attached hydrogens (tertiary/aromatic N) is 4. The molecule has 0 bridgehead atoms. The Kier molecular flexibility index (Phi) is 5.07. The lowest BCUT2D eigenvalue weighted by Crippen LogP contribution is -2.04. The Morgan fingerprint density at radius 3 is 2.70 bits per heavy atom. The van der Waals surface area contributed by atoms with Gasteiger partial charge in [0.2, 0.25) is 6.79 Å². The van der Waals surface area contributed by atoms with Crippen molar-refractivity contribution < 1.29 is 9.47 Å². The Morgan fingerprint density at radius 2 is 1.82 bits per heavy atom. The number of rotatable bonds is 5. The van der Waals surface area contributed by atoms with Crippen LogP contribution in [0.2, 0.25) is 0 Å². The zero-order chi connectivity index (χ0) is 22.4. The molecule has 6 rings (SSSR count). The van der Waals surface area contributed by atoms with Crippen LogP contribution in [-0.2, 0) is 13.0 Å². The van der Waals surface area contributed by atoms with E-state index in [1.165, 1.54) is 34.4 Å². The van der Waals surface area contributed by atoms with Crippen LogP contribution in [0.3, 0.4) is 0 Å². The predicted octanol–water partition coefficient (Wildman–Crippen LogP) is 5.45. The third-order valence-corrected chi connectivity index (χ3v) is 7.56. The molecule has 2 aromatic heterocycles. The number of hydrogen-bond acceptors (Lipinski definition) is 7. The molecule has 0 amide bonds. The Morgan fingerprint density at radius 1 is 1.00 bits per heavy atom. The Labute approximate surface area is 202 Å². The second-order valence-corrected chi connectivity index (χ2v) is 9.51. The lowest BCUT2D eigenvalue weighted by Gasteiger charge is -2.10. The number of nitrogen functional groups attached to an aromatic ring is 1. The molecular weight excluding hydrogens is 502 g/mol. The average molecular weight is 520 g/mol. The first-order valence-corrected chi connectivity index (χ1v) is 12.0. The van der Waals surface area contributed by atoms with Crippen LogP contribution in [0.5, 0.6) is 11.5 Å². The van der Waals surface area contributed by atoms with Crippen molar-refractivity contribution in [2.45, 2.75) is 23.0 Å². The molecule has 3 aromatic carbocycles. The predicted molar refractivity (Wildman–Crippen MR) is 132 cm³/mol. The molecule has 0 saturated heterocycles. The van der Waals surface area contributed by atoms with Gasteiger partial charge in [0.05, 0.1) is 0 Å². The van der Waals surface area contributed by atoms with Crippen LogP contribution < -0.4 is 15.2 Å². The van der Waals surface area contributed by atoms with Gasteiger partial charge in [0, 0.05) is 15.9 Å². The normalized spacial score (nSPS) is 12.6. The van der Waals surface area contributed by atoms with Crippen LogP contribution in [0, 0.1) is 0 Å². The summed E-state index contributed by atoms with van der Waals surface area (Å²) in [5, 5.41) is 3.26. The summed E-state index contributed by atoms with van der Waals surface area (Å²) < 4.78 is 14.0. The highest BCUT2D eigenvalue weighted by molar-refractivity contribution is 9.10. The van der Waals surface area contributed by atoms with Gasteiger partial charge in [-0.3, -0.25) is 0 Å². The third-order valence-electron chi connectivity index (χ3n) is 5.59. The molecule has 0 spiro atoms. The van der Waals surface area contributed by atoms with E-state index in [0.717, 1.165) is 38.1 Å². The second-order valence-electron chi connectivity index (χ2n) is 7.65. The molecule has 7 nitrogen and oxygen atoms in total. The van der Waals surface area contributed by atoms with E-state index in [9.17, 15) is 0 Å². The minimum absolute atomic E-state index is 0.228. The molecule has 1 aliphatic rings. The summed E-state index contributed by atoms with van der Waals surface area (Å²) in [6.07, 6.45) is 2.31. The monoisotopic (exact) mass is 519 g/mol. The minimum Gasteiger partial charge on any atom is -0.454 e. The smallest absolute Gasteiger partial charge is 0.231 e. The van der Waals surface area contributed by atoms with Crippen molar-refractivity contribution in [1.29, 1.82) is 0 Å². The van der Waals surface area contributed by atoms with E-state index in [2.05, 4.69) is 72.9 Å². The third kappa shape index (κ3) is 3.77. The Balaban J connectivity index is 1.36. The van der Waals surface area contributed by atoms with Crippen LogP contribution in [0.15, 0.2) is 75.4 Å². The van der Waals surface area contributed by atoms with Crippen molar-refractivity contribution >= 4 is 55.4 Å². The summed E-state index contributed by atoms with van der Waals surface area (Å²) in [5.74, 6) is 1.82. The van der Waals surface area contributed by atoms with E-state index in [4.69, 9.17) is 20.2 Å². The zero-order valence-electron chi connectivity index (χ0n) is 17.4. The number of aromatic nitrogens is 4. The fourth-order valence-electron chi connectivity index (χ4n) is 3.92. The van der Waals surface area contributed by atoms with Gasteiger partial charge in [-0.2, -0.15) is 0 Å². The molecule has 0 atom stereocenters. The molecule has 3 heterocycles. The van der Waals surface area contributed by atoms with Gasteiger partial charge < -0.3 is 19.8 Å². The lowest BCUT2D eigenvalue weighted by molar-refractivity contribution is 0.174. The summed E-state index contributed by atoms with van der Waals surface area (Å²) >= 11 is 5.17. The molecule has 33 heavy (non-hydrogen) atoms. The van der Waals surface area contributed by atoms with Gasteiger partial charge >= 0.3 is 0 Å². The molecule has 0 saturated carbocycles. The maximum absolute atomic E-state index is 6.12. The molecule has 0 radical (unpaired) electrons. The molecule has 2 N–H and O–H groups in total. The Hall–Kier alpha value is -3.30. The van der Waals surface area contributed by atoms with Gasteiger partial charge in [0.25, 0.3) is 0 Å². The van der Waals surface area contributed by atoms with Crippen LogP contribution in [0.4, 0.5) is 5.82 Å². The number of hydrogen-bond donors (Lipinski definition) is 1. The van der Waals surface area contributed by atoms with Crippen LogP contribution in [0.25, 0.3) is 21.9 Å². The van der Waals surface area contributed by atoms with Crippen molar-refractivity contribution in [2.75, 3.05) is 12.5 Å². The first kappa shape index (κ1) is 20.3. The number of fused-ring (bicyclic) bond motifs is 3. The topological polar surface area (TPSA) is 88.1 Å². The summed E-state index contributed by atoms with van der Waals surface area (Å²) in [4.78, 5) is 14.4. The van der Waals surface area contributed by atoms with Gasteiger partial charge in [-0.25, -0.2) is 15.0 Å². The van der Waals surface area contributed by atoms with Crippen LogP contribution >= 0.6 is 27.7 Å². The highest BCUT2D eigenvalue weighted by Gasteiger charge is 2.20. The number of imidazole rings is 1. The summed E-state index contributed by atoms with van der Waals surface area (Å²) in [6.45, 7) is 0.933. The largest absolute Gasteiger partial charge is 0.454 e. The first-order valence-electron chi connectivity index (χ1n) is 10.4. The molecule has 1 aliphatic heterocycles. The maximum atomic E-state index is 6.12. The minimum atomic E-state index is 0.228. The number of benzene rings is 3. The quantitative estimate of drug-likeness (QED) is 0.330. The SMILES string of the molecule is Nc1ncnc2c1nc(Sc1cc3c(cc1Br)OCO3)n2CCc1ccc2ccccc2c1. The number of nitrogens with two attached hydrogens (primary N) is 1. The molecule has 5 aromatic rings. The van der Waals surface area contributed by atoms with Gasteiger partial charge in [-0.1, -0.05) is 54.2 Å². The van der Waals surface area contributed by atoms with E-state index in [1.807, 2.05) is 12.1 Å². The number of anilines is 1. The summed E-state index contributed by atoms with van der Waals surface area (Å²) in [7, 11) is 0. The Bertz CT molecular complexity index is 1520. The van der Waals surface area contributed by atoms with Gasteiger partial charge in [0.15, 0.2) is 33.6 Å². The number of aryl methyl sites for hydroxylation is 2.